The van der Waals surface area contributed by atoms with Crippen molar-refractivity contribution in [3.8, 4) is 0 Å². The molecule has 4 heterocycles. The molecule has 0 radical (unpaired) electrons. The summed E-state index contributed by atoms with van der Waals surface area (Å²) in [4.78, 5) is 42.5. The van der Waals surface area contributed by atoms with E-state index in [4.69, 9.17) is 0 Å². The van der Waals surface area contributed by atoms with E-state index in [2.05, 4.69) is 24.8 Å². The number of quaternary nitrogens is 1. The Kier molecular flexibility index (Phi) is 6.16. The summed E-state index contributed by atoms with van der Waals surface area (Å²) in [6.45, 7) is 4.87. The van der Waals surface area contributed by atoms with Crippen molar-refractivity contribution in [2.75, 3.05) is 50.0 Å². The molecule has 0 aromatic carbocycles. The zero-order valence-corrected chi connectivity index (χ0v) is 17.6. The van der Waals surface area contributed by atoms with Gasteiger partial charge in [0.25, 0.3) is 5.56 Å². The number of fused-ring (bicyclic) bond motifs is 1. The molecule has 4 N–H and O–H groups in total. The van der Waals surface area contributed by atoms with E-state index in [1.807, 2.05) is 4.57 Å². The highest BCUT2D eigenvalue weighted by atomic mass is 32.2. The van der Waals surface area contributed by atoms with E-state index < -0.39 is 11.2 Å². The molecule has 1 aliphatic heterocycles. The average molecular weight is 435 g/mol. The second-order valence-electron chi connectivity index (χ2n) is 7.21. The third-order valence-electron chi connectivity index (χ3n) is 5.38. The van der Waals surface area contributed by atoms with Gasteiger partial charge in [0.2, 0.25) is 11.2 Å². The number of hydrogen-bond acceptors (Lipinski definition) is 7. The molecule has 3 aromatic rings. The van der Waals surface area contributed by atoms with Gasteiger partial charge in [0.15, 0.2) is 5.16 Å². The third kappa shape index (κ3) is 4.11. The van der Waals surface area contributed by atoms with Gasteiger partial charge in [0, 0.05) is 25.2 Å². The van der Waals surface area contributed by atoms with Crippen LogP contribution in [0.25, 0.3) is 11.2 Å². The molecule has 3 aromatic heterocycles. The predicted octanol–water partition coefficient (Wildman–Crippen LogP) is -2.88. The zero-order valence-electron chi connectivity index (χ0n) is 16.8. The molecule has 1 aliphatic rings. The van der Waals surface area contributed by atoms with Crippen LogP contribution in [-0.4, -0.2) is 74.7 Å². The van der Waals surface area contributed by atoms with E-state index in [-0.39, 0.29) is 6.61 Å². The predicted molar refractivity (Wildman–Crippen MR) is 112 cm³/mol. The van der Waals surface area contributed by atoms with Crippen molar-refractivity contribution in [3.05, 3.63) is 39.3 Å². The van der Waals surface area contributed by atoms with Crippen LogP contribution >= 0.6 is 11.8 Å². The lowest BCUT2D eigenvalue weighted by molar-refractivity contribution is -0.901. The Labute approximate surface area is 176 Å². The molecule has 0 atom stereocenters. The quantitative estimate of drug-likeness (QED) is 0.179. The maximum Gasteiger partial charge on any atom is 0.360 e. The lowest BCUT2D eigenvalue weighted by atomic mass is 10.3. The van der Waals surface area contributed by atoms with Crippen LogP contribution in [0.2, 0.25) is 0 Å². The Morgan fingerprint density at radius 3 is 2.67 bits per heavy atom. The summed E-state index contributed by atoms with van der Waals surface area (Å²) in [7, 11) is 1.64. The minimum atomic E-state index is -0.447. The zero-order chi connectivity index (χ0) is 21.1. The molecule has 0 amide bonds. The number of rotatable bonds is 7. The topological polar surface area (TPSA) is 128 Å². The summed E-state index contributed by atoms with van der Waals surface area (Å²) in [5.41, 5.74) is 0.106. The minimum absolute atomic E-state index is 0.179. The van der Waals surface area contributed by atoms with E-state index in [1.165, 1.54) is 21.2 Å². The lowest BCUT2D eigenvalue weighted by Gasteiger charge is -2.28. The Morgan fingerprint density at radius 1 is 1.23 bits per heavy atom. The molecule has 0 spiro atoms. The van der Waals surface area contributed by atoms with Gasteiger partial charge in [-0.1, -0.05) is 11.8 Å². The fourth-order valence-corrected chi connectivity index (χ4v) is 4.51. The van der Waals surface area contributed by atoms with Gasteiger partial charge in [-0.05, 0) is 6.07 Å². The summed E-state index contributed by atoms with van der Waals surface area (Å²) < 4.78 is 3.37. The number of nitrogens with one attached hydrogen (secondary N) is 3. The van der Waals surface area contributed by atoms with Crippen LogP contribution < -0.4 is 25.6 Å². The SMILES string of the molecule is Cn1c(=O)[nH]c(=O)c2c1[nH]c(N1CC[NH+](CCO)CC1)[n+]2CCSc1ncccn1. The molecule has 1 saturated heterocycles. The molecule has 0 aliphatic carbocycles. The Hall–Kier alpha value is -2.70. The number of aromatic nitrogens is 6. The number of aliphatic hydroxyl groups is 1. The number of anilines is 1. The number of aliphatic hydroxyl groups excluding tert-OH is 1. The summed E-state index contributed by atoms with van der Waals surface area (Å²) in [6.07, 6.45) is 3.41. The van der Waals surface area contributed by atoms with Crippen LogP contribution in [-0.2, 0) is 13.6 Å². The van der Waals surface area contributed by atoms with Gasteiger partial charge in [0.1, 0.15) is 32.7 Å². The minimum Gasteiger partial charge on any atom is -0.391 e. The number of aryl methyl sites for hydroxylation is 2. The van der Waals surface area contributed by atoms with Gasteiger partial charge in [-0.3, -0.25) is 19.2 Å². The molecule has 160 valence electrons. The van der Waals surface area contributed by atoms with Crippen molar-refractivity contribution in [3.63, 3.8) is 0 Å². The first kappa shape index (κ1) is 20.6. The number of aromatic amines is 2. The monoisotopic (exact) mass is 434 g/mol. The number of imidazole rings is 1. The normalized spacial score (nSPS) is 15.2. The largest absolute Gasteiger partial charge is 0.391 e. The summed E-state index contributed by atoms with van der Waals surface area (Å²) in [5, 5.41) is 9.87. The van der Waals surface area contributed by atoms with Gasteiger partial charge in [-0.15, -0.1) is 0 Å². The van der Waals surface area contributed by atoms with Gasteiger partial charge in [-0.25, -0.2) is 24.3 Å². The van der Waals surface area contributed by atoms with Crippen molar-refractivity contribution < 1.29 is 14.6 Å². The standard InChI is InChI=1S/C18H24N8O3S/c1-23-14-13(15(28)22-18(23)29)26(10-12-30-16-19-3-2-4-20-16)17(21-14)25-7-5-24(6-8-25)9-11-27/h2-4,27H,5-12H2,1H3,(H,22,28,29)/p+2. The molecular formula is C18H26N8O3S+2. The molecule has 0 unspecified atom stereocenters. The fraction of sp³-hybridized carbons (Fsp3) is 0.500. The highest BCUT2D eigenvalue weighted by Crippen LogP contribution is 2.15. The Balaban J connectivity index is 1.65. The first-order chi connectivity index (χ1) is 14.6. The molecule has 11 nitrogen and oxygen atoms in total. The molecular weight excluding hydrogens is 408 g/mol. The number of H-pyrrole nitrogens is 2. The van der Waals surface area contributed by atoms with Crippen molar-refractivity contribution in [1.29, 1.82) is 0 Å². The van der Waals surface area contributed by atoms with E-state index in [0.29, 0.717) is 28.6 Å². The first-order valence-electron chi connectivity index (χ1n) is 9.92. The molecule has 12 heteroatoms. The number of thioether (sulfide) groups is 1. The van der Waals surface area contributed by atoms with Crippen molar-refractivity contribution in [1.82, 2.24) is 24.5 Å². The smallest absolute Gasteiger partial charge is 0.360 e. The van der Waals surface area contributed by atoms with E-state index in [1.54, 1.807) is 25.5 Å². The number of hydrogen-bond donors (Lipinski definition) is 4. The van der Waals surface area contributed by atoms with E-state index in [0.717, 1.165) is 38.7 Å². The second-order valence-corrected chi connectivity index (χ2v) is 8.27. The van der Waals surface area contributed by atoms with Crippen LogP contribution in [0.4, 0.5) is 5.95 Å². The van der Waals surface area contributed by atoms with Crippen LogP contribution in [0.15, 0.2) is 33.2 Å². The molecule has 0 bridgehead atoms. The molecule has 1 fully saturated rings. The van der Waals surface area contributed by atoms with Crippen LogP contribution in [0.1, 0.15) is 0 Å². The van der Waals surface area contributed by atoms with E-state index >= 15 is 0 Å². The van der Waals surface area contributed by atoms with Gasteiger partial charge >= 0.3 is 11.6 Å². The van der Waals surface area contributed by atoms with Gasteiger partial charge in [-0.2, -0.15) is 0 Å². The van der Waals surface area contributed by atoms with Crippen molar-refractivity contribution >= 4 is 28.9 Å². The highest BCUT2D eigenvalue weighted by Gasteiger charge is 2.31. The van der Waals surface area contributed by atoms with Crippen LogP contribution in [0.3, 0.4) is 0 Å². The van der Waals surface area contributed by atoms with Crippen LogP contribution in [0, 0.1) is 0 Å². The van der Waals surface area contributed by atoms with Gasteiger partial charge in [0.05, 0.1) is 13.2 Å². The molecule has 4 rings (SSSR count). The third-order valence-corrected chi connectivity index (χ3v) is 6.23. The average Bonchev–Trinajstić information content (AvgIpc) is 3.14. The number of piperazine rings is 1. The fourth-order valence-electron chi connectivity index (χ4n) is 3.78. The summed E-state index contributed by atoms with van der Waals surface area (Å²) in [6, 6.07) is 1.77. The van der Waals surface area contributed by atoms with E-state index in [9.17, 15) is 14.7 Å². The maximum absolute atomic E-state index is 12.6. The molecule has 30 heavy (non-hydrogen) atoms. The van der Waals surface area contributed by atoms with Crippen molar-refractivity contribution in [2.24, 2.45) is 7.05 Å². The maximum atomic E-state index is 12.6. The Morgan fingerprint density at radius 2 is 1.97 bits per heavy atom. The molecule has 0 saturated carbocycles. The van der Waals surface area contributed by atoms with Gasteiger partial charge < -0.3 is 10.0 Å². The van der Waals surface area contributed by atoms with Crippen molar-refractivity contribution in [2.45, 2.75) is 11.7 Å². The Bertz CT molecular complexity index is 1120. The van der Waals surface area contributed by atoms with Crippen LogP contribution in [0.5, 0.6) is 0 Å². The lowest BCUT2D eigenvalue weighted by Crippen LogP contribution is -3.15. The summed E-state index contributed by atoms with van der Waals surface area (Å²) in [5.74, 6) is 1.49. The second kappa shape index (κ2) is 8.98. The highest BCUT2D eigenvalue weighted by molar-refractivity contribution is 7.99. The first-order valence-corrected chi connectivity index (χ1v) is 10.9. The summed E-state index contributed by atoms with van der Waals surface area (Å²) >= 11 is 1.51. The number of nitrogens with zero attached hydrogens (tertiary/aromatic N) is 5.